The van der Waals surface area contributed by atoms with E-state index in [1.54, 1.807) is 18.2 Å². The van der Waals surface area contributed by atoms with Crippen molar-refractivity contribution >= 4 is 40.4 Å². The Morgan fingerprint density at radius 2 is 2.06 bits per heavy atom. The summed E-state index contributed by atoms with van der Waals surface area (Å²) in [5, 5.41) is 8.59. The van der Waals surface area contributed by atoms with E-state index in [1.165, 1.54) is 12.1 Å². The second-order valence-electron chi connectivity index (χ2n) is 2.66. The Bertz CT molecular complexity index is 399. The Morgan fingerprint density at radius 3 is 2.56 bits per heavy atom. The molecule has 0 heterocycles. The molecule has 0 radical (unpaired) electrons. The average Bonchev–Trinajstić information content (AvgIpc) is 2.36. The molecule has 1 aromatic rings. The summed E-state index contributed by atoms with van der Waals surface area (Å²) in [4.78, 5) is 10.9. The fourth-order valence-corrected chi connectivity index (χ4v) is 3.06. The Kier molecular flexibility index (Phi) is 5.24. The van der Waals surface area contributed by atoms with Gasteiger partial charge in [0.1, 0.15) is 0 Å². The van der Waals surface area contributed by atoms with Crippen LogP contribution in [-0.4, -0.2) is 30.7 Å². The van der Waals surface area contributed by atoms with Crippen molar-refractivity contribution in [3.63, 3.8) is 0 Å². The Hall–Kier alpha value is -0.592. The van der Waals surface area contributed by atoms with Gasteiger partial charge in [0.2, 0.25) is 0 Å². The number of rotatable bonds is 5. The molecule has 0 aliphatic heterocycles. The first-order valence-electron chi connectivity index (χ1n) is 4.14. The topological polar surface area (TPSA) is 84.9 Å². The number of hydrogen-bond donors (Lipinski definition) is 2. The van der Waals surface area contributed by atoms with Gasteiger partial charge in [0.05, 0.1) is 0 Å². The predicted molar refractivity (Wildman–Crippen MR) is 59.3 cm³/mol. The van der Waals surface area contributed by atoms with Crippen LogP contribution in [0.2, 0.25) is 0 Å². The predicted octanol–water partition coefficient (Wildman–Crippen LogP) is 0.195. The first-order valence-corrected chi connectivity index (χ1v) is 8.50. The molecule has 0 saturated carbocycles. The molecule has 0 aliphatic carbocycles. The number of benzene rings is 1. The van der Waals surface area contributed by atoms with Crippen molar-refractivity contribution in [2.45, 2.75) is 0 Å². The molecule has 0 saturated heterocycles. The van der Waals surface area contributed by atoms with Gasteiger partial charge in [-0.1, -0.05) is 0 Å². The maximum atomic E-state index is 11.9. The second-order valence-corrected chi connectivity index (χ2v) is 7.12. The summed E-state index contributed by atoms with van der Waals surface area (Å²) in [5.74, 6) is -0.533. The van der Waals surface area contributed by atoms with Crippen LogP contribution in [0.5, 0.6) is 0 Å². The van der Waals surface area contributed by atoms with Crippen molar-refractivity contribution in [2.24, 2.45) is 0 Å². The standard InChI is InChI=1S/C8H9AsBrNO5/c10-6-8(12)11-15-9(13,16-14)7-4-2-1-3-5-7/h1-5,14H,6H2,(H,11,12). The molecule has 16 heavy (non-hydrogen) atoms. The van der Waals surface area contributed by atoms with E-state index in [4.69, 9.17) is 5.26 Å². The van der Waals surface area contributed by atoms with Gasteiger partial charge in [0.25, 0.3) is 0 Å². The third-order valence-electron chi connectivity index (χ3n) is 1.58. The summed E-state index contributed by atoms with van der Waals surface area (Å²) < 4.78 is 20.6. The van der Waals surface area contributed by atoms with Gasteiger partial charge in [-0.05, 0) is 0 Å². The molecular formula is C8H9AsBrNO5. The molecule has 0 aliphatic rings. The van der Waals surface area contributed by atoms with E-state index in [0.29, 0.717) is 0 Å². The fourth-order valence-electron chi connectivity index (χ4n) is 0.865. The summed E-state index contributed by atoms with van der Waals surface area (Å²) in [6.07, 6.45) is 0. The normalized spacial score (nSPS) is 14.1. The van der Waals surface area contributed by atoms with Crippen LogP contribution >= 0.6 is 15.9 Å². The number of hydroxylamine groups is 1. The third kappa shape index (κ3) is 3.47. The van der Waals surface area contributed by atoms with Crippen LogP contribution in [0.15, 0.2) is 30.3 Å². The Balaban J connectivity index is 2.79. The van der Waals surface area contributed by atoms with E-state index in [9.17, 15) is 8.53 Å². The summed E-state index contributed by atoms with van der Waals surface area (Å²) in [5.41, 5.74) is 1.92. The molecule has 1 unspecified atom stereocenters. The van der Waals surface area contributed by atoms with Gasteiger partial charge < -0.3 is 0 Å². The average molecular weight is 354 g/mol. The van der Waals surface area contributed by atoms with Gasteiger partial charge >= 0.3 is 103 Å². The number of carbonyl (C=O) groups is 1. The van der Waals surface area contributed by atoms with E-state index in [-0.39, 0.29) is 9.68 Å². The number of hydrogen-bond acceptors (Lipinski definition) is 5. The van der Waals surface area contributed by atoms with Crippen LogP contribution in [0.4, 0.5) is 0 Å². The summed E-state index contributed by atoms with van der Waals surface area (Å²) >= 11 is -1.71. The molecule has 0 aromatic heterocycles. The quantitative estimate of drug-likeness (QED) is 0.342. The van der Waals surface area contributed by atoms with E-state index >= 15 is 0 Å². The molecule has 0 fully saturated rings. The molecule has 1 aromatic carbocycles. The Morgan fingerprint density at radius 1 is 1.44 bits per heavy atom. The first-order chi connectivity index (χ1) is 7.62. The molecule has 6 nitrogen and oxygen atoms in total. The minimum absolute atomic E-state index is 0.0109. The second kappa shape index (κ2) is 6.22. The van der Waals surface area contributed by atoms with Gasteiger partial charge in [0.15, 0.2) is 0 Å². The zero-order valence-electron chi connectivity index (χ0n) is 8.00. The van der Waals surface area contributed by atoms with Gasteiger partial charge in [-0.3, -0.25) is 0 Å². The maximum absolute atomic E-state index is 11.9. The molecule has 1 atom stereocenters. The molecule has 88 valence electrons. The monoisotopic (exact) mass is 353 g/mol. The number of nitrogens with one attached hydrogen (secondary N) is 1. The van der Waals surface area contributed by atoms with Gasteiger partial charge in [0, 0.05) is 0 Å². The van der Waals surface area contributed by atoms with Crippen LogP contribution in [0.25, 0.3) is 0 Å². The zero-order valence-corrected chi connectivity index (χ0v) is 11.5. The number of halogens is 1. The zero-order chi connectivity index (χ0) is 12.0. The van der Waals surface area contributed by atoms with Crippen LogP contribution in [-0.2, 0) is 16.2 Å². The van der Waals surface area contributed by atoms with E-state index < -0.39 is 20.1 Å². The van der Waals surface area contributed by atoms with Crippen molar-refractivity contribution in [1.29, 1.82) is 0 Å². The van der Waals surface area contributed by atoms with Crippen LogP contribution in [0.1, 0.15) is 0 Å². The molecule has 1 amide bonds. The SMILES string of the molecule is O=C(CBr)NO[As](=O)(OO)c1ccccc1. The number of alkyl halides is 1. The van der Waals surface area contributed by atoms with E-state index in [0.717, 1.165) is 0 Å². The van der Waals surface area contributed by atoms with Crippen molar-refractivity contribution in [1.82, 2.24) is 5.48 Å². The van der Waals surface area contributed by atoms with E-state index in [1.807, 2.05) is 5.48 Å². The Labute approximate surface area is 103 Å². The molecule has 8 heteroatoms. The summed E-state index contributed by atoms with van der Waals surface area (Å²) in [7, 11) is 0. The first kappa shape index (κ1) is 13.5. The van der Waals surface area contributed by atoms with Gasteiger partial charge in [-0.2, -0.15) is 0 Å². The minimum atomic E-state index is -4.59. The number of carbonyl (C=O) groups excluding carboxylic acids is 1. The van der Waals surface area contributed by atoms with E-state index in [2.05, 4.69) is 23.6 Å². The molecule has 0 bridgehead atoms. The summed E-state index contributed by atoms with van der Waals surface area (Å²) in [6.45, 7) is 0. The molecule has 2 N–H and O–H groups in total. The van der Waals surface area contributed by atoms with Gasteiger partial charge in [-0.25, -0.2) is 0 Å². The number of amides is 1. The van der Waals surface area contributed by atoms with Crippen LogP contribution in [0, 0.1) is 0 Å². The third-order valence-corrected chi connectivity index (χ3v) is 5.19. The summed E-state index contributed by atoms with van der Waals surface area (Å²) in [6, 6.07) is 7.86. The van der Waals surface area contributed by atoms with Crippen molar-refractivity contribution < 1.29 is 21.5 Å². The van der Waals surface area contributed by atoms with Crippen molar-refractivity contribution in [3.8, 4) is 0 Å². The van der Waals surface area contributed by atoms with Gasteiger partial charge in [-0.15, -0.1) is 0 Å². The van der Waals surface area contributed by atoms with Crippen LogP contribution < -0.4 is 9.83 Å². The molecule has 0 spiro atoms. The molecule has 1 rings (SSSR count). The van der Waals surface area contributed by atoms with Crippen LogP contribution in [0.3, 0.4) is 0 Å². The fraction of sp³-hybridized carbons (Fsp3) is 0.125. The van der Waals surface area contributed by atoms with Crippen molar-refractivity contribution in [3.05, 3.63) is 30.3 Å². The molecular weight excluding hydrogens is 345 g/mol. The van der Waals surface area contributed by atoms with Crippen molar-refractivity contribution in [2.75, 3.05) is 5.33 Å².